The second kappa shape index (κ2) is 4.18. The molecule has 2 heterocycles. The summed E-state index contributed by atoms with van der Waals surface area (Å²) in [4.78, 5) is 23.9. The van der Waals surface area contributed by atoms with Crippen LogP contribution in [-0.4, -0.2) is 55.2 Å². The summed E-state index contributed by atoms with van der Waals surface area (Å²) in [5.74, 6) is -1.61. The minimum atomic E-state index is -1.57. The van der Waals surface area contributed by atoms with Crippen LogP contribution in [0.5, 0.6) is 0 Å². The standard InChI is InChI=1S/C11H17NO6/c1-10-6(4-7(16-2)18-10)8(14)12-11(10,5-13)9(15)17-3/h6-7,13H,4-5H2,1-3H3,(H,12,14). The zero-order valence-electron chi connectivity index (χ0n) is 10.6. The highest BCUT2D eigenvalue weighted by atomic mass is 16.7. The first kappa shape index (κ1) is 13.3. The van der Waals surface area contributed by atoms with Gasteiger partial charge in [-0.15, -0.1) is 0 Å². The molecular formula is C11H17NO6. The van der Waals surface area contributed by atoms with Gasteiger partial charge in [-0.1, -0.05) is 0 Å². The number of amides is 1. The third-order valence-corrected chi connectivity index (χ3v) is 4.00. The molecule has 102 valence electrons. The topological polar surface area (TPSA) is 94.1 Å². The van der Waals surface area contributed by atoms with E-state index in [4.69, 9.17) is 9.47 Å². The minimum absolute atomic E-state index is 0.337. The number of nitrogens with one attached hydrogen (secondary N) is 1. The van der Waals surface area contributed by atoms with Crippen molar-refractivity contribution in [2.45, 2.75) is 30.8 Å². The number of fused-ring (bicyclic) bond motifs is 1. The number of carbonyl (C=O) groups excluding carboxylic acids is 2. The van der Waals surface area contributed by atoms with E-state index >= 15 is 0 Å². The molecule has 0 aromatic carbocycles. The molecule has 2 N–H and O–H groups in total. The van der Waals surface area contributed by atoms with Crippen LogP contribution in [0.1, 0.15) is 13.3 Å². The summed E-state index contributed by atoms with van der Waals surface area (Å²) in [6.07, 6.45) is -0.223. The maximum Gasteiger partial charge on any atom is 0.337 e. The Labute approximate surface area is 104 Å². The molecule has 7 nitrogen and oxygen atoms in total. The normalized spacial score (nSPS) is 42.6. The number of hydrogen-bond donors (Lipinski definition) is 2. The van der Waals surface area contributed by atoms with Crippen molar-refractivity contribution in [2.24, 2.45) is 5.92 Å². The molecule has 18 heavy (non-hydrogen) atoms. The van der Waals surface area contributed by atoms with E-state index in [1.54, 1.807) is 6.92 Å². The van der Waals surface area contributed by atoms with Crippen LogP contribution < -0.4 is 5.32 Å². The molecule has 2 aliphatic rings. The fourth-order valence-corrected chi connectivity index (χ4v) is 2.83. The highest BCUT2D eigenvalue weighted by Gasteiger charge is 2.71. The summed E-state index contributed by atoms with van der Waals surface area (Å²) < 4.78 is 15.4. The number of aliphatic hydroxyl groups excluding tert-OH is 1. The van der Waals surface area contributed by atoms with Crippen LogP contribution in [0.2, 0.25) is 0 Å². The Balaban J connectivity index is 2.44. The summed E-state index contributed by atoms with van der Waals surface area (Å²) in [5.41, 5.74) is -2.75. The molecule has 4 unspecified atom stereocenters. The second-order valence-corrected chi connectivity index (χ2v) is 4.72. The van der Waals surface area contributed by atoms with E-state index in [2.05, 4.69) is 10.1 Å². The van der Waals surface area contributed by atoms with Gasteiger partial charge in [0.1, 0.15) is 5.60 Å². The van der Waals surface area contributed by atoms with Crippen molar-refractivity contribution >= 4 is 11.9 Å². The fraction of sp³-hybridized carbons (Fsp3) is 0.818. The van der Waals surface area contributed by atoms with Gasteiger partial charge >= 0.3 is 5.97 Å². The lowest BCUT2D eigenvalue weighted by Crippen LogP contribution is -2.65. The van der Waals surface area contributed by atoms with Crippen LogP contribution in [0.15, 0.2) is 0 Å². The summed E-state index contributed by atoms with van der Waals surface area (Å²) >= 11 is 0. The SMILES string of the molecule is COC(=O)C1(CO)NC(=O)C2CC(OC)OC21C. The molecule has 1 amide bonds. The molecule has 4 atom stereocenters. The van der Waals surface area contributed by atoms with Crippen LogP contribution in [0.25, 0.3) is 0 Å². The van der Waals surface area contributed by atoms with Crippen molar-refractivity contribution in [1.82, 2.24) is 5.32 Å². The summed E-state index contributed by atoms with van der Waals surface area (Å²) in [6.45, 7) is 1.02. The minimum Gasteiger partial charge on any atom is -0.467 e. The van der Waals surface area contributed by atoms with Gasteiger partial charge in [-0.25, -0.2) is 4.79 Å². The van der Waals surface area contributed by atoms with Crippen molar-refractivity contribution in [2.75, 3.05) is 20.8 Å². The number of ether oxygens (including phenoxy) is 3. The van der Waals surface area contributed by atoms with Crippen molar-refractivity contribution in [1.29, 1.82) is 0 Å². The largest absolute Gasteiger partial charge is 0.467 e. The zero-order chi connectivity index (χ0) is 13.6. The molecule has 0 spiro atoms. The maximum atomic E-state index is 12.0. The van der Waals surface area contributed by atoms with Crippen LogP contribution in [0.3, 0.4) is 0 Å². The highest BCUT2D eigenvalue weighted by molar-refractivity contribution is 5.96. The average molecular weight is 259 g/mol. The van der Waals surface area contributed by atoms with Gasteiger partial charge in [-0.3, -0.25) is 4.79 Å². The van der Waals surface area contributed by atoms with E-state index in [9.17, 15) is 14.7 Å². The lowest BCUT2D eigenvalue weighted by Gasteiger charge is -2.37. The molecule has 0 aromatic heterocycles. The molecule has 2 fully saturated rings. The van der Waals surface area contributed by atoms with Gasteiger partial charge in [0.05, 0.1) is 19.6 Å². The molecule has 0 bridgehead atoms. The number of carbonyl (C=O) groups is 2. The summed E-state index contributed by atoms with van der Waals surface area (Å²) in [5, 5.41) is 12.1. The Morgan fingerprint density at radius 1 is 1.61 bits per heavy atom. The Bertz CT molecular complexity index is 386. The summed E-state index contributed by atoms with van der Waals surface area (Å²) in [7, 11) is 2.66. The van der Waals surface area contributed by atoms with E-state index in [0.717, 1.165) is 0 Å². The Hall–Kier alpha value is -1.18. The second-order valence-electron chi connectivity index (χ2n) is 4.72. The van der Waals surface area contributed by atoms with Crippen molar-refractivity contribution in [3.63, 3.8) is 0 Å². The third-order valence-electron chi connectivity index (χ3n) is 4.00. The molecule has 2 aliphatic heterocycles. The predicted molar refractivity (Wildman–Crippen MR) is 58.4 cm³/mol. The lowest BCUT2D eigenvalue weighted by atomic mass is 9.77. The van der Waals surface area contributed by atoms with Crippen LogP contribution in [-0.2, 0) is 23.8 Å². The first-order chi connectivity index (χ1) is 8.45. The van der Waals surface area contributed by atoms with Gasteiger partial charge in [-0.2, -0.15) is 0 Å². The smallest absolute Gasteiger partial charge is 0.337 e. The lowest BCUT2D eigenvalue weighted by molar-refractivity contribution is -0.192. The number of aliphatic hydroxyl groups is 1. The van der Waals surface area contributed by atoms with Crippen LogP contribution in [0.4, 0.5) is 0 Å². The number of esters is 1. The summed E-state index contributed by atoms with van der Waals surface area (Å²) in [6, 6.07) is 0. The van der Waals surface area contributed by atoms with Gasteiger partial charge < -0.3 is 24.6 Å². The molecule has 0 saturated carbocycles. The molecular weight excluding hydrogens is 242 g/mol. The van der Waals surface area contributed by atoms with E-state index in [-0.39, 0.29) is 5.91 Å². The van der Waals surface area contributed by atoms with Crippen molar-refractivity contribution in [3.05, 3.63) is 0 Å². The monoisotopic (exact) mass is 259 g/mol. The number of methoxy groups -OCH3 is 2. The van der Waals surface area contributed by atoms with E-state index in [0.29, 0.717) is 6.42 Å². The maximum absolute atomic E-state index is 12.0. The van der Waals surface area contributed by atoms with Gasteiger partial charge in [0.25, 0.3) is 0 Å². The Kier molecular flexibility index (Phi) is 3.08. The van der Waals surface area contributed by atoms with Gasteiger partial charge in [0, 0.05) is 13.5 Å². The molecule has 0 aromatic rings. The van der Waals surface area contributed by atoms with E-state index < -0.39 is 35.9 Å². The Morgan fingerprint density at radius 2 is 2.28 bits per heavy atom. The Morgan fingerprint density at radius 3 is 2.78 bits per heavy atom. The van der Waals surface area contributed by atoms with Crippen LogP contribution in [0, 0.1) is 5.92 Å². The molecule has 2 saturated heterocycles. The van der Waals surface area contributed by atoms with Gasteiger partial charge in [-0.05, 0) is 6.92 Å². The number of hydrogen-bond acceptors (Lipinski definition) is 6. The average Bonchev–Trinajstić information content (AvgIpc) is 2.81. The van der Waals surface area contributed by atoms with E-state index in [1.165, 1.54) is 14.2 Å². The fourth-order valence-electron chi connectivity index (χ4n) is 2.83. The third kappa shape index (κ3) is 1.41. The highest BCUT2D eigenvalue weighted by Crippen LogP contribution is 2.48. The molecule has 2 rings (SSSR count). The van der Waals surface area contributed by atoms with Gasteiger partial charge in [0.15, 0.2) is 11.8 Å². The van der Waals surface area contributed by atoms with E-state index in [1.807, 2.05) is 0 Å². The van der Waals surface area contributed by atoms with Crippen LogP contribution >= 0.6 is 0 Å². The predicted octanol–water partition coefficient (Wildman–Crippen LogP) is -1.21. The first-order valence-corrected chi connectivity index (χ1v) is 5.67. The number of rotatable bonds is 3. The molecule has 0 aliphatic carbocycles. The molecule has 7 heteroatoms. The van der Waals surface area contributed by atoms with Crippen molar-refractivity contribution in [3.8, 4) is 0 Å². The molecule has 0 radical (unpaired) electrons. The van der Waals surface area contributed by atoms with Gasteiger partial charge in [0.2, 0.25) is 5.91 Å². The zero-order valence-corrected chi connectivity index (χ0v) is 10.6. The van der Waals surface area contributed by atoms with Crippen molar-refractivity contribution < 1.29 is 28.9 Å². The quantitative estimate of drug-likeness (QED) is 0.617. The first-order valence-electron chi connectivity index (χ1n) is 5.67.